The zero-order valence-electron chi connectivity index (χ0n) is 10.8. The topological polar surface area (TPSA) is 15.7 Å². The van der Waals surface area contributed by atoms with E-state index in [1.807, 2.05) is 17.0 Å². The first-order valence-electron chi connectivity index (χ1n) is 6.37. The summed E-state index contributed by atoms with van der Waals surface area (Å²) in [5.74, 6) is 0.585. The number of anilines is 1. The molecular formula is C15H17FN2O. The quantitative estimate of drug-likeness (QED) is 0.777. The number of nitrogens with zero attached hydrogens (tertiary/aromatic N) is 2. The van der Waals surface area contributed by atoms with Gasteiger partial charge in [-0.3, -0.25) is 0 Å². The third kappa shape index (κ3) is 2.02. The van der Waals surface area contributed by atoms with Gasteiger partial charge in [0.15, 0.2) is 0 Å². The van der Waals surface area contributed by atoms with Gasteiger partial charge in [0, 0.05) is 5.69 Å². The number of benzene rings is 1. The molecule has 0 aromatic heterocycles. The van der Waals surface area contributed by atoms with Crippen molar-refractivity contribution in [2.24, 2.45) is 0 Å². The minimum Gasteiger partial charge on any atom is -0.340 e. The van der Waals surface area contributed by atoms with Gasteiger partial charge >= 0.3 is 0 Å². The molecule has 0 bridgehead atoms. The second kappa shape index (κ2) is 4.38. The molecule has 0 atom stereocenters. The molecule has 1 saturated heterocycles. The highest BCUT2D eigenvalue weighted by molar-refractivity contribution is 5.52. The summed E-state index contributed by atoms with van der Waals surface area (Å²) in [4.78, 5) is 3.99. The minimum absolute atomic E-state index is 0.0247. The first kappa shape index (κ1) is 12.2. The van der Waals surface area contributed by atoms with E-state index in [1.165, 1.54) is 12.1 Å². The maximum atomic E-state index is 13.3. The summed E-state index contributed by atoms with van der Waals surface area (Å²) in [6, 6.07) is 6.47. The molecule has 1 aliphatic heterocycles. The first-order valence-corrected chi connectivity index (χ1v) is 6.37. The van der Waals surface area contributed by atoms with E-state index < -0.39 is 0 Å². The van der Waals surface area contributed by atoms with Crippen molar-refractivity contribution in [1.82, 2.24) is 4.90 Å². The second-order valence-corrected chi connectivity index (χ2v) is 5.02. The molecule has 2 aliphatic rings. The van der Waals surface area contributed by atoms with E-state index in [9.17, 15) is 4.39 Å². The van der Waals surface area contributed by atoms with Gasteiger partial charge in [-0.15, -0.1) is 6.58 Å². The van der Waals surface area contributed by atoms with E-state index in [0.29, 0.717) is 13.5 Å². The Bertz CT molecular complexity index is 525. The highest BCUT2D eigenvalue weighted by Crippen LogP contribution is 2.46. The van der Waals surface area contributed by atoms with E-state index in [4.69, 9.17) is 4.74 Å². The van der Waals surface area contributed by atoms with Crippen molar-refractivity contribution >= 4 is 5.69 Å². The van der Waals surface area contributed by atoms with Crippen molar-refractivity contribution in [3.05, 3.63) is 55.1 Å². The molecule has 1 aliphatic carbocycles. The number of hydrogen-bond acceptors (Lipinski definition) is 3. The molecule has 0 radical (unpaired) electrons. The molecule has 0 spiro atoms. The Morgan fingerprint density at radius 2 is 2.11 bits per heavy atom. The second-order valence-electron chi connectivity index (χ2n) is 5.02. The van der Waals surface area contributed by atoms with Crippen molar-refractivity contribution in [2.45, 2.75) is 18.4 Å². The van der Waals surface area contributed by atoms with E-state index in [2.05, 4.69) is 18.1 Å². The predicted octanol–water partition coefficient (Wildman–Crippen LogP) is 3.07. The third-order valence-electron chi connectivity index (χ3n) is 3.86. The Kier molecular flexibility index (Phi) is 2.82. The monoisotopic (exact) mass is 260 g/mol. The van der Waals surface area contributed by atoms with E-state index >= 15 is 0 Å². The summed E-state index contributed by atoms with van der Waals surface area (Å²) in [6.07, 6.45) is 4.09. The minimum atomic E-state index is -0.257. The molecule has 3 rings (SSSR count). The predicted molar refractivity (Wildman–Crippen MR) is 72.8 cm³/mol. The van der Waals surface area contributed by atoms with Crippen LogP contribution in [0.5, 0.6) is 0 Å². The third-order valence-corrected chi connectivity index (χ3v) is 3.86. The van der Waals surface area contributed by atoms with Crippen LogP contribution in [0.25, 0.3) is 0 Å². The Hall–Kier alpha value is -1.81. The number of hydrogen-bond donors (Lipinski definition) is 0. The lowest BCUT2D eigenvalue weighted by Gasteiger charge is -2.43. The SMILES string of the molecule is C=CC1(N2COCN(c3cccc(F)c3)C2=C)CC1. The van der Waals surface area contributed by atoms with Crippen molar-refractivity contribution in [1.29, 1.82) is 0 Å². The van der Waals surface area contributed by atoms with Gasteiger partial charge in [0.1, 0.15) is 25.1 Å². The molecule has 2 fully saturated rings. The van der Waals surface area contributed by atoms with Gasteiger partial charge in [0.2, 0.25) is 0 Å². The molecule has 1 saturated carbocycles. The van der Waals surface area contributed by atoms with Crippen molar-refractivity contribution in [3.63, 3.8) is 0 Å². The van der Waals surface area contributed by atoms with Gasteiger partial charge in [0.25, 0.3) is 0 Å². The number of halogens is 1. The summed E-state index contributed by atoms with van der Waals surface area (Å²) in [5.41, 5.74) is 0.734. The highest BCUT2D eigenvalue weighted by Gasteiger charge is 2.48. The number of rotatable bonds is 3. The lowest BCUT2D eigenvalue weighted by molar-refractivity contribution is -0.00229. The van der Waals surface area contributed by atoms with Gasteiger partial charge in [-0.1, -0.05) is 18.7 Å². The molecule has 1 aromatic carbocycles. The summed E-state index contributed by atoms with van der Waals surface area (Å²) in [6.45, 7) is 8.94. The first-order chi connectivity index (χ1) is 9.16. The Morgan fingerprint density at radius 3 is 2.74 bits per heavy atom. The summed E-state index contributed by atoms with van der Waals surface area (Å²) < 4.78 is 18.9. The van der Waals surface area contributed by atoms with Crippen LogP contribution in [-0.4, -0.2) is 23.9 Å². The lowest BCUT2D eigenvalue weighted by Crippen LogP contribution is -2.48. The van der Waals surface area contributed by atoms with Gasteiger partial charge < -0.3 is 14.5 Å². The van der Waals surface area contributed by atoms with Crippen LogP contribution in [0.15, 0.2) is 49.3 Å². The van der Waals surface area contributed by atoms with Gasteiger partial charge in [-0.2, -0.15) is 0 Å². The van der Waals surface area contributed by atoms with Gasteiger partial charge in [-0.25, -0.2) is 4.39 Å². The van der Waals surface area contributed by atoms with E-state index in [0.717, 1.165) is 24.4 Å². The summed E-state index contributed by atoms with van der Waals surface area (Å²) in [5, 5.41) is 0. The smallest absolute Gasteiger partial charge is 0.127 e. The van der Waals surface area contributed by atoms with Crippen LogP contribution in [0.4, 0.5) is 10.1 Å². The Labute approximate surface area is 112 Å². The molecule has 4 heteroatoms. The van der Waals surface area contributed by atoms with Crippen LogP contribution in [0.2, 0.25) is 0 Å². The normalized spacial score (nSPS) is 21.4. The van der Waals surface area contributed by atoms with Crippen molar-refractivity contribution in [3.8, 4) is 0 Å². The van der Waals surface area contributed by atoms with Gasteiger partial charge in [-0.05, 0) is 31.0 Å². The Morgan fingerprint density at radius 1 is 1.32 bits per heavy atom. The van der Waals surface area contributed by atoms with Crippen LogP contribution in [-0.2, 0) is 4.74 Å². The fraction of sp³-hybridized carbons (Fsp3) is 0.333. The van der Waals surface area contributed by atoms with Crippen molar-refractivity contribution < 1.29 is 9.13 Å². The lowest BCUT2D eigenvalue weighted by atomic mass is 10.2. The average Bonchev–Trinajstić information content (AvgIpc) is 3.20. The Balaban J connectivity index is 1.87. The zero-order valence-corrected chi connectivity index (χ0v) is 10.8. The maximum absolute atomic E-state index is 13.3. The standard InChI is InChI=1S/C15H17FN2O/c1-3-15(7-8-15)18-11-19-10-17(12(18)2)14-6-4-5-13(16)9-14/h3-6,9H,1-2,7-8,10-11H2. The average molecular weight is 260 g/mol. The largest absolute Gasteiger partial charge is 0.340 e. The van der Waals surface area contributed by atoms with Crippen LogP contribution >= 0.6 is 0 Å². The van der Waals surface area contributed by atoms with Crippen LogP contribution in [0, 0.1) is 5.82 Å². The van der Waals surface area contributed by atoms with Crippen molar-refractivity contribution in [2.75, 3.05) is 18.4 Å². The molecule has 0 N–H and O–H groups in total. The molecule has 1 heterocycles. The molecule has 3 nitrogen and oxygen atoms in total. The molecule has 19 heavy (non-hydrogen) atoms. The van der Waals surface area contributed by atoms with Crippen LogP contribution in [0.1, 0.15) is 12.8 Å². The molecule has 0 unspecified atom stereocenters. The van der Waals surface area contributed by atoms with Crippen LogP contribution in [0.3, 0.4) is 0 Å². The van der Waals surface area contributed by atoms with E-state index in [1.54, 1.807) is 6.07 Å². The highest BCUT2D eigenvalue weighted by atomic mass is 19.1. The fourth-order valence-corrected chi connectivity index (χ4v) is 2.48. The molecule has 1 aromatic rings. The zero-order chi connectivity index (χ0) is 13.5. The summed E-state index contributed by atoms with van der Waals surface area (Å²) >= 11 is 0. The molecule has 100 valence electrons. The molecule has 0 amide bonds. The van der Waals surface area contributed by atoms with Gasteiger partial charge in [0.05, 0.1) is 5.54 Å². The summed E-state index contributed by atoms with van der Waals surface area (Å²) in [7, 11) is 0. The van der Waals surface area contributed by atoms with E-state index in [-0.39, 0.29) is 11.4 Å². The van der Waals surface area contributed by atoms with Crippen LogP contribution < -0.4 is 4.90 Å². The molecular weight excluding hydrogens is 243 g/mol. The number of ether oxygens (including phenoxy) is 1. The maximum Gasteiger partial charge on any atom is 0.127 e. The fourth-order valence-electron chi connectivity index (χ4n) is 2.48.